The topological polar surface area (TPSA) is 41.4 Å². The molecule has 0 spiro atoms. The number of halogens is 3. The predicted molar refractivity (Wildman–Crippen MR) is 75.3 cm³/mol. The first-order valence-corrected chi connectivity index (χ1v) is 7.21. The minimum absolute atomic E-state index is 0.0000426. The molecule has 22 heavy (non-hydrogen) atoms. The number of carbonyl (C=O) groups is 1. The lowest BCUT2D eigenvalue weighted by Crippen LogP contribution is -2.43. The van der Waals surface area contributed by atoms with Crippen LogP contribution < -0.4 is 0 Å². The van der Waals surface area contributed by atoms with Gasteiger partial charge in [0.05, 0.1) is 6.54 Å². The molecule has 1 atom stereocenters. The first-order valence-electron chi connectivity index (χ1n) is 7.21. The maximum Gasteiger partial charge on any atom is 0.434 e. The van der Waals surface area contributed by atoms with Crippen molar-refractivity contribution >= 4 is 5.91 Å². The van der Waals surface area contributed by atoms with Crippen LogP contribution in [-0.4, -0.2) is 59.0 Å². The van der Waals surface area contributed by atoms with E-state index >= 15 is 0 Å². The Morgan fingerprint density at radius 3 is 2.68 bits per heavy atom. The van der Waals surface area contributed by atoms with E-state index in [0.717, 1.165) is 19.0 Å². The molecule has 0 unspecified atom stereocenters. The first kappa shape index (κ1) is 16.8. The van der Waals surface area contributed by atoms with Crippen molar-refractivity contribution in [3.05, 3.63) is 17.7 Å². The zero-order valence-electron chi connectivity index (χ0n) is 13.0. The third kappa shape index (κ3) is 3.79. The molecule has 0 N–H and O–H groups in total. The van der Waals surface area contributed by atoms with Crippen LogP contribution in [0.25, 0.3) is 0 Å². The monoisotopic (exact) mass is 318 g/mol. The molecule has 5 nitrogen and oxygen atoms in total. The van der Waals surface area contributed by atoms with E-state index in [1.807, 2.05) is 14.1 Å². The lowest BCUT2D eigenvalue weighted by Gasteiger charge is -2.33. The van der Waals surface area contributed by atoms with Crippen LogP contribution in [-0.2, 0) is 18.0 Å². The van der Waals surface area contributed by atoms with Crippen LogP contribution in [0.3, 0.4) is 0 Å². The molecule has 1 aliphatic heterocycles. The number of piperidine rings is 1. The number of aryl methyl sites for hydroxylation is 1. The number of imidazole rings is 1. The minimum Gasteiger partial charge on any atom is -0.341 e. The number of likely N-dealkylation sites (tertiary alicyclic amines) is 1. The van der Waals surface area contributed by atoms with Crippen molar-refractivity contribution in [2.45, 2.75) is 24.9 Å². The van der Waals surface area contributed by atoms with Crippen molar-refractivity contribution in [3.8, 4) is 0 Å². The Bertz CT molecular complexity index is 539. The van der Waals surface area contributed by atoms with Gasteiger partial charge in [0.2, 0.25) is 5.91 Å². The van der Waals surface area contributed by atoms with Crippen LogP contribution >= 0.6 is 0 Å². The van der Waals surface area contributed by atoms with Crippen molar-refractivity contribution in [2.75, 3.05) is 33.7 Å². The molecule has 0 aromatic carbocycles. The fourth-order valence-electron chi connectivity index (χ4n) is 2.78. The fraction of sp³-hybridized carbons (Fsp3) is 0.714. The molecule has 1 amide bonds. The number of aromatic nitrogens is 2. The van der Waals surface area contributed by atoms with Gasteiger partial charge in [0, 0.05) is 32.3 Å². The van der Waals surface area contributed by atoms with Crippen LogP contribution in [0.5, 0.6) is 0 Å². The highest BCUT2D eigenvalue weighted by Crippen LogP contribution is 2.32. The van der Waals surface area contributed by atoms with Crippen LogP contribution in [0.15, 0.2) is 6.20 Å². The molecule has 0 radical (unpaired) electrons. The van der Waals surface area contributed by atoms with E-state index in [1.54, 1.807) is 16.8 Å². The standard InChI is InChI=1S/C14H21F3N4O/c1-19(2)9-12(22)21-6-4-5-10(7-21)13-18-11(8-20(13)3)14(15,16)17/h8,10H,4-7,9H2,1-3H3/t10-/m0/s1. The Morgan fingerprint density at radius 1 is 1.45 bits per heavy atom. The maximum atomic E-state index is 12.8. The number of hydrogen-bond acceptors (Lipinski definition) is 3. The van der Waals surface area contributed by atoms with Crippen molar-refractivity contribution in [1.82, 2.24) is 19.4 Å². The molecule has 1 aromatic heterocycles. The highest BCUT2D eigenvalue weighted by molar-refractivity contribution is 5.78. The molecule has 0 aliphatic carbocycles. The van der Waals surface area contributed by atoms with Crippen LogP contribution in [0.1, 0.15) is 30.3 Å². The van der Waals surface area contributed by atoms with E-state index in [4.69, 9.17) is 0 Å². The van der Waals surface area contributed by atoms with E-state index in [0.29, 0.717) is 25.5 Å². The van der Waals surface area contributed by atoms with Gasteiger partial charge in [0.25, 0.3) is 0 Å². The Kier molecular flexibility index (Phi) is 4.79. The molecule has 1 fully saturated rings. The molecule has 8 heteroatoms. The van der Waals surface area contributed by atoms with E-state index in [9.17, 15) is 18.0 Å². The number of likely N-dealkylation sites (N-methyl/N-ethyl adjacent to an activating group) is 1. The summed E-state index contributed by atoms with van der Waals surface area (Å²) in [6, 6.07) is 0. The molecule has 1 saturated heterocycles. The Labute approximate surface area is 127 Å². The zero-order chi connectivity index (χ0) is 16.5. The average Bonchev–Trinajstić information content (AvgIpc) is 2.80. The summed E-state index contributed by atoms with van der Waals surface area (Å²) in [5, 5.41) is 0. The number of amides is 1. The highest BCUT2D eigenvalue weighted by atomic mass is 19.4. The summed E-state index contributed by atoms with van der Waals surface area (Å²) in [4.78, 5) is 19.4. The van der Waals surface area contributed by atoms with Gasteiger partial charge in [-0.2, -0.15) is 13.2 Å². The SMILES string of the molecule is CN(C)CC(=O)N1CCC[C@H](c2nc(C(F)(F)F)cn2C)C1. The molecular weight excluding hydrogens is 297 g/mol. The summed E-state index contributed by atoms with van der Waals surface area (Å²) in [5.74, 6) is 0.246. The predicted octanol–water partition coefficient (Wildman–Crippen LogP) is 1.71. The normalized spacial score (nSPS) is 19.8. The zero-order valence-corrected chi connectivity index (χ0v) is 13.0. The third-order valence-electron chi connectivity index (χ3n) is 3.79. The lowest BCUT2D eigenvalue weighted by molar-refractivity contribution is -0.141. The second-order valence-corrected chi connectivity index (χ2v) is 6.01. The quantitative estimate of drug-likeness (QED) is 0.852. The molecular formula is C14H21F3N4O. The molecule has 1 aromatic rings. The first-order chi connectivity index (χ1) is 10.2. The van der Waals surface area contributed by atoms with E-state index in [-0.39, 0.29) is 11.8 Å². The van der Waals surface area contributed by atoms with E-state index in [2.05, 4.69) is 4.98 Å². The number of hydrogen-bond donors (Lipinski definition) is 0. The third-order valence-corrected chi connectivity index (χ3v) is 3.79. The lowest BCUT2D eigenvalue weighted by atomic mass is 9.97. The highest BCUT2D eigenvalue weighted by Gasteiger charge is 2.36. The number of alkyl halides is 3. The molecule has 2 rings (SSSR count). The fourth-order valence-corrected chi connectivity index (χ4v) is 2.78. The number of nitrogens with zero attached hydrogens (tertiary/aromatic N) is 4. The summed E-state index contributed by atoms with van der Waals surface area (Å²) in [5.41, 5.74) is -0.873. The van der Waals surface area contributed by atoms with Gasteiger partial charge in [-0.15, -0.1) is 0 Å². The second kappa shape index (κ2) is 6.28. The summed E-state index contributed by atoms with van der Waals surface area (Å²) in [7, 11) is 5.19. The molecule has 1 aliphatic rings. The van der Waals surface area contributed by atoms with Gasteiger partial charge in [0.1, 0.15) is 5.82 Å². The van der Waals surface area contributed by atoms with Crippen LogP contribution in [0.4, 0.5) is 13.2 Å². The van der Waals surface area contributed by atoms with E-state index < -0.39 is 11.9 Å². The molecule has 2 heterocycles. The Morgan fingerprint density at radius 2 is 2.14 bits per heavy atom. The second-order valence-electron chi connectivity index (χ2n) is 6.01. The Balaban J connectivity index is 2.13. The van der Waals surface area contributed by atoms with Crippen LogP contribution in [0.2, 0.25) is 0 Å². The van der Waals surface area contributed by atoms with Crippen molar-refractivity contribution in [2.24, 2.45) is 7.05 Å². The maximum absolute atomic E-state index is 12.8. The van der Waals surface area contributed by atoms with Gasteiger partial charge >= 0.3 is 6.18 Å². The van der Waals surface area contributed by atoms with Gasteiger partial charge in [-0.3, -0.25) is 4.79 Å². The number of rotatable bonds is 3. The summed E-state index contributed by atoms with van der Waals surface area (Å²) >= 11 is 0. The molecule has 0 saturated carbocycles. The van der Waals surface area contributed by atoms with Gasteiger partial charge in [0.15, 0.2) is 5.69 Å². The van der Waals surface area contributed by atoms with Gasteiger partial charge in [-0.05, 0) is 26.9 Å². The number of carbonyl (C=O) groups excluding carboxylic acids is 1. The van der Waals surface area contributed by atoms with Crippen molar-refractivity contribution in [1.29, 1.82) is 0 Å². The summed E-state index contributed by atoms with van der Waals surface area (Å²) in [6.07, 6.45) is -1.91. The van der Waals surface area contributed by atoms with Crippen LogP contribution in [0, 0.1) is 0 Å². The van der Waals surface area contributed by atoms with Gasteiger partial charge < -0.3 is 14.4 Å². The largest absolute Gasteiger partial charge is 0.434 e. The van der Waals surface area contributed by atoms with E-state index in [1.165, 1.54) is 4.57 Å². The van der Waals surface area contributed by atoms with Gasteiger partial charge in [-0.25, -0.2) is 4.98 Å². The smallest absolute Gasteiger partial charge is 0.341 e. The van der Waals surface area contributed by atoms with Crippen molar-refractivity contribution in [3.63, 3.8) is 0 Å². The van der Waals surface area contributed by atoms with Crippen molar-refractivity contribution < 1.29 is 18.0 Å². The molecule has 124 valence electrons. The Hall–Kier alpha value is -1.57. The molecule has 0 bridgehead atoms. The summed E-state index contributed by atoms with van der Waals surface area (Å²) in [6.45, 7) is 1.38. The minimum atomic E-state index is -4.44. The summed E-state index contributed by atoms with van der Waals surface area (Å²) < 4.78 is 39.7. The van der Waals surface area contributed by atoms with Gasteiger partial charge in [-0.1, -0.05) is 0 Å². The average molecular weight is 318 g/mol.